The molecule has 1 atom stereocenters. The summed E-state index contributed by atoms with van der Waals surface area (Å²) in [5, 5.41) is 11.7. The lowest BCUT2D eigenvalue weighted by Crippen LogP contribution is -2.06. The lowest BCUT2D eigenvalue weighted by molar-refractivity contribution is -0.000724. The molecule has 0 saturated heterocycles. The van der Waals surface area contributed by atoms with Gasteiger partial charge in [0.25, 0.3) is 0 Å². The van der Waals surface area contributed by atoms with Crippen LogP contribution in [0.5, 0.6) is 5.75 Å². The maximum atomic E-state index is 11.7. The van der Waals surface area contributed by atoms with Crippen molar-refractivity contribution in [3.05, 3.63) is 29.8 Å². The second-order valence-electron chi connectivity index (χ2n) is 3.15. The average molecular weight is 209 g/mol. The van der Waals surface area contributed by atoms with Gasteiger partial charge in [-0.05, 0) is 31.5 Å². The molecule has 3 heteroatoms. The van der Waals surface area contributed by atoms with Crippen molar-refractivity contribution < 1.29 is 14.6 Å². The highest BCUT2D eigenvalue weighted by Crippen LogP contribution is 2.19. The van der Waals surface area contributed by atoms with Gasteiger partial charge in [-0.15, -0.1) is 0 Å². The molecule has 0 aliphatic rings. The molecule has 83 valence electrons. The molecular formula is C12H17O3. The maximum absolute atomic E-state index is 11.7. The third-order valence-corrected chi connectivity index (χ3v) is 2.01. The van der Waals surface area contributed by atoms with Gasteiger partial charge in [0.15, 0.2) is 0 Å². The zero-order valence-electron chi connectivity index (χ0n) is 9.23. The minimum Gasteiger partial charge on any atom is -0.494 e. The summed E-state index contributed by atoms with van der Waals surface area (Å²) in [6.45, 7) is 5.19. The third kappa shape index (κ3) is 3.90. The number of hydrogen-bond donors (Lipinski definition) is 0. The van der Waals surface area contributed by atoms with Crippen LogP contribution in [0.4, 0.5) is 0 Å². The Hall–Kier alpha value is -1.06. The molecule has 0 aliphatic carbocycles. The molecule has 0 bridgehead atoms. The molecule has 0 amide bonds. The summed E-state index contributed by atoms with van der Waals surface area (Å²) < 4.78 is 10.4. The summed E-state index contributed by atoms with van der Waals surface area (Å²) in [5.74, 6) is 0.743. The highest BCUT2D eigenvalue weighted by atomic mass is 16.5. The van der Waals surface area contributed by atoms with Crippen LogP contribution in [-0.4, -0.2) is 19.8 Å². The zero-order chi connectivity index (χ0) is 11.1. The predicted molar refractivity (Wildman–Crippen MR) is 57.5 cm³/mol. The van der Waals surface area contributed by atoms with Gasteiger partial charge in [-0.1, -0.05) is 12.1 Å². The number of benzene rings is 1. The van der Waals surface area contributed by atoms with Crippen molar-refractivity contribution in [3.8, 4) is 5.75 Å². The van der Waals surface area contributed by atoms with E-state index in [9.17, 15) is 5.11 Å². The Kier molecular flexibility index (Phi) is 5.15. The fourth-order valence-electron chi connectivity index (χ4n) is 1.29. The van der Waals surface area contributed by atoms with Crippen LogP contribution in [-0.2, 0) is 9.84 Å². The second-order valence-corrected chi connectivity index (χ2v) is 3.15. The number of ether oxygens (including phenoxy) is 2. The van der Waals surface area contributed by atoms with Gasteiger partial charge >= 0.3 is 0 Å². The predicted octanol–water partition coefficient (Wildman–Crippen LogP) is 2.59. The molecule has 1 aromatic rings. The molecule has 1 aromatic carbocycles. The van der Waals surface area contributed by atoms with E-state index in [1.807, 2.05) is 26.0 Å². The minimum absolute atomic E-state index is 0.214. The van der Waals surface area contributed by atoms with E-state index in [-0.39, 0.29) is 6.61 Å². The largest absolute Gasteiger partial charge is 0.494 e. The first-order valence-corrected chi connectivity index (χ1v) is 5.24. The summed E-state index contributed by atoms with van der Waals surface area (Å²) in [6, 6.07) is 7.26. The van der Waals surface area contributed by atoms with Crippen molar-refractivity contribution in [1.82, 2.24) is 0 Å². The summed E-state index contributed by atoms with van der Waals surface area (Å²) in [5.41, 5.74) is 0.717. The quantitative estimate of drug-likeness (QED) is 0.722. The average Bonchev–Trinajstić information content (AvgIpc) is 2.27. The maximum Gasteiger partial charge on any atom is 0.141 e. The van der Waals surface area contributed by atoms with E-state index in [1.54, 1.807) is 12.1 Å². The van der Waals surface area contributed by atoms with E-state index in [0.29, 0.717) is 13.2 Å². The van der Waals surface area contributed by atoms with Crippen LogP contribution in [0, 0.1) is 0 Å². The minimum atomic E-state index is -0.828. The highest BCUT2D eigenvalue weighted by molar-refractivity contribution is 5.29. The molecular weight excluding hydrogens is 192 g/mol. The molecule has 3 nitrogen and oxygen atoms in total. The molecule has 0 spiro atoms. The molecule has 0 N–H and O–H groups in total. The lowest BCUT2D eigenvalue weighted by atomic mass is 10.1. The third-order valence-electron chi connectivity index (χ3n) is 2.01. The van der Waals surface area contributed by atoms with Gasteiger partial charge in [0.1, 0.15) is 11.9 Å². The van der Waals surface area contributed by atoms with E-state index < -0.39 is 6.10 Å². The Labute approximate surface area is 90.6 Å². The van der Waals surface area contributed by atoms with E-state index in [1.165, 1.54) is 0 Å². The molecule has 1 rings (SSSR count). The van der Waals surface area contributed by atoms with Gasteiger partial charge in [0, 0.05) is 6.61 Å². The van der Waals surface area contributed by atoms with Crippen molar-refractivity contribution in [3.63, 3.8) is 0 Å². The standard InChI is InChI=1S/C12H17O3/c1-3-14-9-12(13)10-6-5-7-11(8-10)15-4-2/h5-8,12H,3-4,9H2,1-2H3. The number of rotatable bonds is 6. The van der Waals surface area contributed by atoms with E-state index >= 15 is 0 Å². The van der Waals surface area contributed by atoms with Crippen molar-refractivity contribution in [2.24, 2.45) is 0 Å². The van der Waals surface area contributed by atoms with Crippen LogP contribution < -0.4 is 4.74 Å². The first-order chi connectivity index (χ1) is 7.27. The summed E-state index contributed by atoms with van der Waals surface area (Å²) in [4.78, 5) is 0. The van der Waals surface area contributed by atoms with Crippen molar-refractivity contribution in [1.29, 1.82) is 0 Å². The Bertz CT molecular complexity index is 286. The van der Waals surface area contributed by atoms with Gasteiger partial charge in [0.05, 0.1) is 13.2 Å². The molecule has 0 fully saturated rings. The van der Waals surface area contributed by atoms with Crippen molar-refractivity contribution in [2.75, 3.05) is 19.8 Å². The molecule has 15 heavy (non-hydrogen) atoms. The number of hydrogen-bond acceptors (Lipinski definition) is 2. The Balaban J connectivity index is 2.62. The fraction of sp³-hybridized carbons (Fsp3) is 0.500. The lowest BCUT2D eigenvalue weighted by Gasteiger charge is -2.10. The molecule has 0 saturated carbocycles. The first-order valence-electron chi connectivity index (χ1n) is 5.24. The van der Waals surface area contributed by atoms with Crippen LogP contribution in [0.15, 0.2) is 24.3 Å². The van der Waals surface area contributed by atoms with Gasteiger partial charge in [-0.25, -0.2) is 5.11 Å². The smallest absolute Gasteiger partial charge is 0.141 e. The van der Waals surface area contributed by atoms with E-state index in [2.05, 4.69) is 0 Å². The summed E-state index contributed by atoms with van der Waals surface area (Å²) >= 11 is 0. The van der Waals surface area contributed by atoms with E-state index in [0.717, 1.165) is 11.3 Å². The monoisotopic (exact) mass is 209 g/mol. The topological polar surface area (TPSA) is 38.4 Å². The SMILES string of the molecule is CCOCC([O])c1cccc(OCC)c1. The van der Waals surface area contributed by atoms with Crippen molar-refractivity contribution in [2.45, 2.75) is 20.0 Å². The van der Waals surface area contributed by atoms with Gasteiger partial charge in [0.2, 0.25) is 0 Å². The second kappa shape index (κ2) is 6.43. The Morgan fingerprint density at radius 3 is 2.73 bits per heavy atom. The van der Waals surface area contributed by atoms with Crippen LogP contribution >= 0.6 is 0 Å². The normalized spacial score (nSPS) is 12.5. The molecule has 0 heterocycles. The highest BCUT2D eigenvalue weighted by Gasteiger charge is 2.09. The first kappa shape index (κ1) is 12.0. The Morgan fingerprint density at radius 1 is 1.27 bits per heavy atom. The molecule has 0 aliphatic heterocycles. The van der Waals surface area contributed by atoms with Crippen LogP contribution in [0.2, 0.25) is 0 Å². The molecule has 0 aromatic heterocycles. The van der Waals surface area contributed by atoms with Crippen molar-refractivity contribution >= 4 is 0 Å². The van der Waals surface area contributed by atoms with Gasteiger partial charge in [-0.3, -0.25) is 0 Å². The molecule has 1 radical (unpaired) electrons. The van der Waals surface area contributed by atoms with Gasteiger partial charge < -0.3 is 9.47 Å². The van der Waals surface area contributed by atoms with Crippen LogP contribution in [0.25, 0.3) is 0 Å². The Morgan fingerprint density at radius 2 is 2.07 bits per heavy atom. The fourth-order valence-corrected chi connectivity index (χ4v) is 1.29. The zero-order valence-corrected chi connectivity index (χ0v) is 9.23. The van der Waals surface area contributed by atoms with Crippen LogP contribution in [0.3, 0.4) is 0 Å². The summed E-state index contributed by atoms with van der Waals surface area (Å²) in [7, 11) is 0. The van der Waals surface area contributed by atoms with Crippen LogP contribution in [0.1, 0.15) is 25.5 Å². The van der Waals surface area contributed by atoms with E-state index in [4.69, 9.17) is 9.47 Å². The van der Waals surface area contributed by atoms with Gasteiger partial charge in [-0.2, -0.15) is 0 Å². The molecule has 1 unspecified atom stereocenters. The summed E-state index contributed by atoms with van der Waals surface area (Å²) in [6.07, 6.45) is -0.828.